The van der Waals surface area contributed by atoms with Crippen molar-refractivity contribution in [2.45, 2.75) is 89.0 Å². The Bertz CT molecular complexity index is 1790. The van der Waals surface area contributed by atoms with Gasteiger partial charge < -0.3 is 13.6 Å². The summed E-state index contributed by atoms with van der Waals surface area (Å²) in [5.41, 5.74) is 15.3. The van der Waals surface area contributed by atoms with Crippen LogP contribution in [0.4, 0.5) is 0 Å². The van der Waals surface area contributed by atoms with Crippen molar-refractivity contribution in [3.63, 3.8) is 0 Å². The summed E-state index contributed by atoms with van der Waals surface area (Å²) in [6, 6.07) is 19.3. The highest BCUT2D eigenvalue weighted by atomic mass is 28.4. The number of nitrogens with zero attached hydrogens (tertiary/aromatic N) is 3. The molecule has 2 bridgehead atoms. The largest absolute Gasteiger partial charge is 0.497 e. The van der Waals surface area contributed by atoms with Crippen molar-refractivity contribution in [3.8, 4) is 11.3 Å². The molecule has 9 atom stereocenters. The van der Waals surface area contributed by atoms with Gasteiger partial charge in [-0.3, -0.25) is 5.43 Å². The fraction of sp³-hybridized carbons (Fsp3) is 0.548. The molecule has 50 heavy (non-hydrogen) atoms. The van der Waals surface area contributed by atoms with Crippen molar-refractivity contribution in [1.29, 1.82) is 0 Å². The van der Waals surface area contributed by atoms with Gasteiger partial charge in [-0.15, -0.1) is 0 Å². The van der Waals surface area contributed by atoms with Crippen molar-refractivity contribution < 1.29 is 13.6 Å². The van der Waals surface area contributed by atoms with Gasteiger partial charge in [0.15, 0.2) is 0 Å². The molecule has 1 aliphatic heterocycles. The Morgan fingerprint density at radius 3 is 2.18 bits per heavy atom. The van der Waals surface area contributed by atoms with Crippen LogP contribution < -0.4 is 5.43 Å². The summed E-state index contributed by atoms with van der Waals surface area (Å²) in [5, 5.41) is 14.0. The average Bonchev–Trinajstić information content (AvgIpc) is 3.42. The normalized spacial score (nSPS) is 32.4. The fourth-order valence-corrected chi connectivity index (χ4v) is 12.6. The lowest BCUT2D eigenvalue weighted by atomic mass is 9.66. The van der Waals surface area contributed by atoms with Gasteiger partial charge in [0, 0.05) is 37.9 Å². The lowest BCUT2D eigenvalue weighted by Gasteiger charge is -2.38. The SMILES string of the molecule is CCC1[C@H]2CCc3cnnc(-c4ccc(C5CCC5c5ccc(C6=NNC=C7C8CC(CC8CC[Si](O)(OC)OC)C76)cc5)cc4)c3CC[C@@H]12. The first-order chi connectivity index (χ1) is 24.5. The maximum atomic E-state index is 10.6. The predicted octanol–water partition coefficient (Wildman–Crippen LogP) is 8.03. The van der Waals surface area contributed by atoms with Crippen LogP contribution in [0.25, 0.3) is 11.3 Å². The Morgan fingerprint density at radius 1 is 0.840 bits per heavy atom. The summed E-state index contributed by atoms with van der Waals surface area (Å²) >= 11 is 0. The average molecular weight is 689 g/mol. The van der Waals surface area contributed by atoms with Crippen LogP contribution >= 0.6 is 0 Å². The van der Waals surface area contributed by atoms with E-state index in [2.05, 4.69) is 72.2 Å². The van der Waals surface area contributed by atoms with Gasteiger partial charge in [0.1, 0.15) is 0 Å². The molecule has 4 fully saturated rings. The first kappa shape index (κ1) is 32.7. The molecule has 2 N–H and O–H groups in total. The van der Waals surface area contributed by atoms with E-state index in [0.29, 0.717) is 41.6 Å². The summed E-state index contributed by atoms with van der Waals surface area (Å²) in [7, 11) is 0.0911. The van der Waals surface area contributed by atoms with Crippen LogP contribution in [0.5, 0.6) is 0 Å². The molecule has 2 aromatic carbocycles. The monoisotopic (exact) mass is 688 g/mol. The standard InChI is InChI=1S/C42H52N4O3Si/c1-4-32-36-14-13-30-23-43-45-41(35(30)17-18-37(32)36)27-9-5-25(6-10-27)33-15-16-34(33)26-7-11-28(12-8-26)42-40-31-21-29(19-20-50(47,48-2)49-3)38(22-31)39(40)24-44-46-42/h5-12,23-24,29,31-34,36-38,40,44,47H,4,13-22H2,1-3H3/t29?,31?,32?,33?,34?,36-,37+,38?,40?/m1/s1. The Labute approximate surface area is 298 Å². The molecular formula is C42H52N4O3Si. The van der Waals surface area contributed by atoms with Crippen molar-refractivity contribution in [3.05, 3.63) is 94.3 Å². The van der Waals surface area contributed by atoms with E-state index in [4.69, 9.17) is 19.1 Å². The third kappa shape index (κ3) is 5.62. The first-order valence-corrected chi connectivity index (χ1v) is 21.4. The molecule has 7 nitrogen and oxygen atoms in total. The summed E-state index contributed by atoms with van der Waals surface area (Å²) in [5.74, 6) is 6.03. The topological polar surface area (TPSA) is 88.9 Å². The number of rotatable bonds is 10. The number of aryl methyl sites for hydroxylation is 1. The molecule has 6 aliphatic rings. The van der Waals surface area contributed by atoms with Crippen LogP contribution in [0.2, 0.25) is 6.04 Å². The zero-order valence-corrected chi connectivity index (χ0v) is 30.9. The maximum absolute atomic E-state index is 10.6. The Balaban J connectivity index is 0.859. The van der Waals surface area contributed by atoms with Crippen LogP contribution in [-0.2, 0) is 21.7 Å². The summed E-state index contributed by atoms with van der Waals surface area (Å²) in [4.78, 5) is 10.6. The zero-order chi connectivity index (χ0) is 34.0. The number of hydrogen-bond donors (Lipinski definition) is 2. The molecule has 7 unspecified atom stereocenters. The van der Waals surface area contributed by atoms with E-state index in [1.54, 1.807) is 14.2 Å². The van der Waals surface area contributed by atoms with E-state index in [1.807, 2.05) is 6.20 Å². The minimum absolute atomic E-state index is 0.395. The van der Waals surface area contributed by atoms with E-state index in [9.17, 15) is 4.80 Å². The van der Waals surface area contributed by atoms with Crippen molar-refractivity contribution in [1.82, 2.24) is 15.6 Å². The Morgan fingerprint density at radius 2 is 1.52 bits per heavy atom. The second-order valence-corrected chi connectivity index (χ2v) is 19.0. The molecule has 0 saturated heterocycles. The first-order valence-electron chi connectivity index (χ1n) is 19.4. The highest BCUT2D eigenvalue weighted by Gasteiger charge is 2.52. The maximum Gasteiger partial charge on any atom is 0.497 e. The van der Waals surface area contributed by atoms with Crippen LogP contribution in [-0.4, -0.2) is 43.7 Å². The summed E-state index contributed by atoms with van der Waals surface area (Å²) in [6.07, 6.45) is 16.2. The van der Waals surface area contributed by atoms with E-state index >= 15 is 0 Å². The molecule has 262 valence electrons. The Kier molecular flexibility index (Phi) is 8.57. The molecule has 9 rings (SSSR count). The summed E-state index contributed by atoms with van der Waals surface area (Å²) < 4.78 is 10.7. The van der Waals surface area contributed by atoms with Gasteiger partial charge in [0.2, 0.25) is 0 Å². The number of nitrogens with one attached hydrogen (secondary N) is 1. The minimum Gasteiger partial charge on any atom is -0.390 e. The molecule has 1 aromatic heterocycles. The second-order valence-electron chi connectivity index (χ2n) is 16.2. The molecular weight excluding hydrogens is 637 g/mol. The number of fused-ring (bicyclic) bond motifs is 7. The number of hydrogen-bond acceptors (Lipinski definition) is 7. The number of allylic oxidation sites excluding steroid dienone is 1. The van der Waals surface area contributed by atoms with E-state index in [-0.39, 0.29) is 0 Å². The van der Waals surface area contributed by atoms with Crippen LogP contribution in [0.15, 0.2) is 71.6 Å². The number of hydrazone groups is 1. The molecule has 0 spiro atoms. The smallest absolute Gasteiger partial charge is 0.390 e. The fourth-order valence-electron chi connectivity index (χ4n) is 11.3. The van der Waals surface area contributed by atoms with Gasteiger partial charge in [-0.25, -0.2) is 0 Å². The molecule has 3 aromatic rings. The van der Waals surface area contributed by atoms with Crippen molar-refractivity contribution in [2.75, 3.05) is 14.2 Å². The number of aromatic nitrogens is 2. The Hall–Kier alpha value is -3.17. The lowest BCUT2D eigenvalue weighted by Crippen LogP contribution is -2.41. The molecule has 8 heteroatoms. The van der Waals surface area contributed by atoms with Gasteiger partial charge in [0.25, 0.3) is 0 Å². The van der Waals surface area contributed by atoms with Gasteiger partial charge in [-0.1, -0.05) is 61.9 Å². The van der Waals surface area contributed by atoms with Gasteiger partial charge in [-0.05, 0) is 139 Å². The van der Waals surface area contributed by atoms with E-state index in [0.717, 1.165) is 42.7 Å². The quantitative estimate of drug-likeness (QED) is 0.210. The highest BCUT2D eigenvalue weighted by molar-refractivity contribution is 6.59. The van der Waals surface area contributed by atoms with Gasteiger partial charge in [-0.2, -0.15) is 15.3 Å². The molecule has 2 heterocycles. The van der Waals surface area contributed by atoms with E-state index < -0.39 is 8.80 Å². The zero-order valence-electron chi connectivity index (χ0n) is 29.9. The third-order valence-electron chi connectivity index (χ3n) is 14.2. The van der Waals surface area contributed by atoms with E-state index in [1.165, 1.54) is 89.6 Å². The predicted molar refractivity (Wildman–Crippen MR) is 198 cm³/mol. The number of benzene rings is 2. The van der Waals surface area contributed by atoms with Gasteiger partial charge >= 0.3 is 8.80 Å². The minimum atomic E-state index is -3.03. The molecule has 5 aliphatic carbocycles. The molecule has 4 saturated carbocycles. The highest BCUT2D eigenvalue weighted by Crippen LogP contribution is 2.58. The van der Waals surface area contributed by atoms with Crippen LogP contribution in [0.1, 0.15) is 97.9 Å². The van der Waals surface area contributed by atoms with Crippen LogP contribution in [0, 0.1) is 41.4 Å². The summed E-state index contributed by atoms with van der Waals surface area (Å²) in [6.45, 7) is 2.37. The second kappa shape index (κ2) is 13.1. The lowest BCUT2D eigenvalue weighted by molar-refractivity contribution is 0.147. The molecule has 0 amide bonds. The van der Waals surface area contributed by atoms with Crippen molar-refractivity contribution >= 4 is 14.5 Å². The van der Waals surface area contributed by atoms with Crippen LogP contribution in [0.3, 0.4) is 0 Å². The molecule has 0 radical (unpaired) electrons. The third-order valence-corrected chi connectivity index (χ3v) is 16.4. The van der Waals surface area contributed by atoms with Gasteiger partial charge in [0.05, 0.1) is 17.6 Å². The van der Waals surface area contributed by atoms with Crippen molar-refractivity contribution in [2.24, 2.45) is 46.5 Å².